The third kappa shape index (κ3) is 7.46. The molecule has 2 saturated heterocycles. The Labute approximate surface area is 320 Å². The van der Waals surface area contributed by atoms with Gasteiger partial charge in [0.25, 0.3) is 5.91 Å². The Bertz CT molecular complexity index is 2270. The second-order valence-corrected chi connectivity index (χ2v) is 14.9. The molecule has 0 spiro atoms. The number of alkyl halides is 3. The van der Waals surface area contributed by atoms with Crippen molar-refractivity contribution in [2.75, 3.05) is 55.5 Å². The molecule has 14 nitrogen and oxygen atoms in total. The van der Waals surface area contributed by atoms with E-state index in [1.165, 1.54) is 13.2 Å². The second-order valence-electron chi connectivity index (χ2n) is 14.9. The number of fused-ring (bicyclic) bond motifs is 2. The van der Waals surface area contributed by atoms with Crippen LogP contribution in [0.4, 0.5) is 35.2 Å². The Morgan fingerprint density at radius 1 is 1.04 bits per heavy atom. The fraction of sp³-hybridized carbons (Fsp3) is 0.436. The molecule has 3 fully saturated rings. The van der Waals surface area contributed by atoms with E-state index in [1.54, 1.807) is 23.2 Å². The first-order valence-corrected chi connectivity index (χ1v) is 18.9. The van der Waals surface area contributed by atoms with Gasteiger partial charge in [0.05, 0.1) is 36.2 Å². The smallest absolute Gasteiger partial charge is 0.433 e. The quantitative estimate of drug-likeness (QED) is 0.181. The number of anilines is 3. The molecule has 2 aliphatic heterocycles. The summed E-state index contributed by atoms with van der Waals surface area (Å²) in [7, 11) is 3.69. The number of ether oxygens (including phenoxy) is 1. The van der Waals surface area contributed by atoms with E-state index in [9.17, 15) is 27.6 Å². The third-order valence-electron chi connectivity index (χ3n) is 11.4. The summed E-state index contributed by atoms with van der Waals surface area (Å²) in [6.45, 7) is 3.14. The summed E-state index contributed by atoms with van der Waals surface area (Å²) in [6.07, 6.45) is 7.31. The molecule has 4 aromatic heterocycles. The molecule has 3 aliphatic rings. The monoisotopic (exact) mass is 772 g/mol. The molecule has 0 bridgehead atoms. The molecular weight excluding hydrogens is 729 g/mol. The normalized spacial score (nSPS) is 19.9. The molecule has 0 unspecified atom stereocenters. The maximum Gasteiger partial charge on any atom is 0.433 e. The number of amides is 4. The number of hydrogen-bond donors (Lipinski definition) is 2. The fourth-order valence-electron chi connectivity index (χ4n) is 8.34. The zero-order valence-electron chi connectivity index (χ0n) is 31.1. The van der Waals surface area contributed by atoms with Gasteiger partial charge in [0.2, 0.25) is 5.91 Å². The molecule has 0 atom stereocenters. The van der Waals surface area contributed by atoms with E-state index in [2.05, 4.69) is 43.5 Å². The second kappa shape index (κ2) is 15.1. The van der Waals surface area contributed by atoms with Gasteiger partial charge < -0.3 is 19.9 Å². The lowest BCUT2D eigenvalue weighted by molar-refractivity contribution is -0.141. The first kappa shape index (κ1) is 37.2. The SMILES string of the molecule is COc1cc2nn([C@H]3CC[C@H](CN(C)C4CCN(c5cccn6c(N7CCC(=O)NC7=O)cnc56)CC4)CC3)cc2cc1NC(=O)c1cccc(C(F)(F)F)n1. The molecule has 6 heterocycles. The zero-order chi connectivity index (χ0) is 39.1. The lowest BCUT2D eigenvalue weighted by Crippen LogP contribution is -2.50. The molecule has 0 radical (unpaired) electrons. The minimum Gasteiger partial charge on any atom is -0.494 e. The average Bonchev–Trinajstić information content (AvgIpc) is 3.82. The van der Waals surface area contributed by atoms with Crippen LogP contribution in [0.1, 0.15) is 67.2 Å². The topological polar surface area (TPSA) is 142 Å². The predicted molar refractivity (Wildman–Crippen MR) is 203 cm³/mol. The molecular formula is C39H43F3N10O4. The molecule has 17 heteroatoms. The highest BCUT2D eigenvalue weighted by Crippen LogP contribution is 2.37. The Balaban J connectivity index is 0.848. The summed E-state index contributed by atoms with van der Waals surface area (Å²) >= 11 is 0. The maximum absolute atomic E-state index is 13.2. The Hall–Kier alpha value is -5.71. The molecule has 5 aromatic rings. The number of nitrogens with zero attached hydrogens (tertiary/aromatic N) is 8. The number of piperidine rings is 1. The lowest BCUT2D eigenvalue weighted by atomic mass is 9.85. The van der Waals surface area contributed by atoms with Crippen LogP contribution in [0.25, 0.3) is 16.6 Å². The van der Waals surface area contributed by atoms with E-state index in [1.807, 2.05) is 27.5 Å². The molecule has 1 aliphatic carbocycles. The highest BCUT2D eigenvalue weighted by atomic mass is 19.4. The lowest BCUT2D eigenvalue weighted by Gasteiger charge is -2.40. The van der Waals surface area contributed by atoms with E-state index in [0.29, 0.717) is 41.3 Å². The minimum absolute atomic E-state index is 0.225. The number of nitrogens with one attached hydrogen (secondary N) is 2. The van der Waals surface area contributed by atoms with Crippen molar-refractivity contribution < 1.29 is 32.3 Å². The fourth-order valence-corrected chi connectivity index (χ4v) is 8.34. The first-order valence-electron chi connectivity index (χ1n) is 18.9. The summed E-state index contributed by atoms with van der Waals surface area (Å²) in [5.74, 6) is 0.518. The molecule has 294 valence electrons. The van der Waals surface area contributed by atoms with Crippen molar-refractivity contribution in [3.8, 4) is 5.75 Å². The third-order valence-corrected chi connectivity index (χ3v) is 11.4. The van der Waals surface area contributed by atoms with Crippen molar-refractivity contribution >= 4 is 51.6 Å². The van der Waals surface area contributed by atoms with Crippen molar-refractivity contribution in [3.05, 3.63) is 72.4 Å². The number of methoxy groups -OCH3 is 1. The summed E-state index contributed by atoms with van der Waals surface area (Å²) < 4.78 is 48.9. The number of imide groups is 1. The van der Waals surface area contributed by atoms with Crippen LogP contribution in [0.3, 0.4) is 0 Å². The number of pyridine rings is 2. The Morgan fingerprint density at radius 3 is 2.55 bits per heavy atom. The number of carbonyl (C=O) groups is 3. The van der Waals surface area contributed by atoms with E-state index < -0.39 is 23.8 Å². The van der Waals surface area contributed by atoms with Crippen LogP contribution in [-0.4, -0.2) is 93.3 Å². The van der Waals surface area contributed by atoms with Gasteiger partial charge in [-0.3, -0.25) is 28.9 Å². The predicted octanol–water partition coefficient (Wildman–Crippen LogP) is 6.14. The number of aromatic nitrogens is 5. The number of benzene rings is 1. The molecule has 1 aromatic carbocycles. The van der Waals surface area contributed by atoms with Crippen LogP contribution < -0.4 is 25.2 Å². The van der Waals surface area contributed by atoms with Gasteiger partial charge in [0.1, 0.15) is 23.0 Å². The number of carbonyl (C=O) groups excluding carboxylic acids is 3. The van der Waals surface area contributed by atoms with Crippen LogP contribution in [0.5, 0.6) is 5.75 Å². The van der Waals surface area contributed by atoms with Gasteiger partial charge in [-0.25, -0.2) is 14.8 Å². The number of urea groups is 1. The number of hydrogen-bond acceptors (Lipinski definition) is 9. The van der Waals surface area contributed by atoms with E-state index in [-0.39, 0.29) is 24.1 Å². The highest BCUT2D eigenvalue weighted by molar-refractivity contribution is 6.06. The molecule has 8 rings (SSSR count). The number of halogens is 3. The van der Waals surface area contributed by atoms with E-state index >= 15 is 0 Å². The van der Waals surface area contributed by atoms with Crippen LogP contribution in [0, 0.1) is 5.92 Å². The summed E-state index contributed by atoms with van der Waals surface area (Å²) in [5.41, 5.74) is 1.35. The van der Waals surface area contributed by atoms with Crippen LogP contribution >= 0.6 is 0 Å². The van der Waals surface area contributed by atoms with Gasteiger partial charge in [-0.1, -0.05) is 6.07 Å². The summed E-state index contributed by atoms with van der Waals surface area (Å²) in [5, 5.41) is 10.7. The molecule has 2 N–H and O–H groups in total. The summed E-state index contributed by atoms with van der Waals surface area (Å²) in [6, 6.07) is 11.0. The van der Waals surface area contributed by atoms with Crippen molar-refractivity contribution in [2.45, 2.75) is 63.2 Å². The zero-order valence-corrected chi connectivity index (χ0v) is 31.1. The number of rotatable bonds is 9. The standard InChI is InChI=1S/C39H43F3N10O4/c1-48(26-12-16-49(17-13-26)31-6-4-15-50-35(21-43-36(31)50)51-18-14-34(53)46-38(51)55)22-24-8-10-27(11-9-24)52-23-25-19-30(32(56-2)20-29(25)47-52)45-37(54)28-5-3-7-33(44-28)39(40,41)42/h3-7,15,19-21,23-24,26-27H,8-14,16-18,22H2,1-2H3,(H,45,54)(H,46,53,55)/t24-,27-. The van der Waals surface area contributed by atoms with Gasteiger partial charge in [0, 0.05) is 62.5 Å². The minimum atomic E-state index is -4.66. The average molecular weight is 773 g/mol. The Kier molecular flexibility index (Phi) is 10.0. The largest absolute Gasteiger partial charge is 0.494 e. The van der Waals surface area contributed by atoms with Gasteiger partial charge in [-0.05, 0) is 81.8 Å². The van der Waals surface area contributed by atoms with Crippen molar-refractivity contribution in [2.24, 2.45) is 5.92 Å². The van der Waals surface area contributed by atoms with Gasteiger partial charge in [0.15, 0.2) is 5.65 Å². The van der Waals surface area contributed by atoms with Crippen molar-refractivity contribution in [1.29, 1.82) is 0 Å². The van der Waals surface area contributed by atoms with Crippen LogP contribution in [0.15, 0.2) is 61.1 Å². The highest BCUT2D eigenvalue weighted by Gasteiger charge is 2.34. The van der Waals surface area contributed by atoms with Crippen molar-refractivity contribution in [3.63, 3.8) is 0 Å². The Morgan fingerprint density at radius 2 is 1.82 bits per heavy atom. The van der Waals surface area contributed by atoms with E-state index in [4.69, 9.17) is 9.84 Å². The summed E-state index contributed by atoms with van der Waals surface area (Å²) in [4.78, 5) is 51.7. The maximum atomic E-state index is 13.2. The molecule has 4 amide bonds. The molecule has 1 saturated carbocycles. The van der Waals surface area contributed by atoms with Crippen molar-refractivity contribution in [1.82, 2.24) is 34.4 Å². The van der Waals surface area contributed by atoms with E-state index in [0.717, 1.165) is 87.0 Å². The van der Waals surface area contributed by atoms with Crippen LogP contribution in [-0.2, 0) is 11.0 Å². The molecule has 56 heavy (non-hydrogen) atoms. The van der Waals surface area contributed by atoms with Gasteiger partial charge in [-0.15, -0.1) is 0 Å². The first-order chi connectivity index (χ1) is 26.9. The number of imidazole rings is 1. The van der Waals surface area contributed by atoms with Crippen LogP contribution in [0.2, 0.25) is 0 Å². The van der Waals surface area contributed by atoms with Gasteiger partial charge in [-0.2, -0.15) is 18.3 Å². The van der Waals surface area contributed by atoms with Gasteiger partial charge >= 0.3 is 12.2 Å².